The molecule has 8 heteroatoms. The van der Waals surface area contributed by atoms with Crippen molar-refractivity contribution in [2.75, 3.05) is 0 Å². The van der Waals surface area contributed by atoms with Crippen molar-refractivity contribution in [1.29, 1.82) is 0 Å². The van der Waals surface area contributed by atoms with E-state index < -0.39 is 5.54 Å². The molecule has 120 valence electrons. The first-order valence-electron chi connectivity index (χ1n) is 7.97. The molecule has 1 spiro atoms. The van der Waals surface area contributed by atoms with Crippen molar-refractivity contribution in [3.63, 3.8) is 0 Å². The summed E-state index contributed by atoms with van der Waals surface area (Å²) in [6.45, 7) is 4.87. The molecule has 22 heavy (non-hydrogen) atoms. The Labute approximate surface area is 129 Å². The Balaban J connectivity index is 1.81. The Bertz CT molecular complexity index is 586. The zero-order valence-corrected chi connectivity index (χ0v) is 13.1. The largest absolute Gasteiger partial charge is 0.325 e. The molecular weight excluding hydrogens is 284 g/mol. The van der Waals surface area contributed by atoms with Gasteiger partial charge in [-0.1, -0.05) is 26.7 Å². The number of aryl methyl sites for hydroxylation is 1. The highest BCUT2D eigenvalue weighted by atomic mass is 16.2. The van der Waals surface area contributed by atoms with Gasteiger partial charge >= 0.3 is 6.03 Å². The number of amides is 3. The molecule has 3 amide bonds. The normalized spacial score (nSPS) is 28.5. The number of nitrogens with one attached hydrogen (secondary N) is 1. The standard InChI is InChI=1S/C14H22N6O2/c1-3-8-20-11(16-17-18-20)9-19-12(21)14(15-13(19)22)7-5-4-6-10(14)2/h10H,3-9H2,1-2H3,(H,15,22)/t10-,14+/m0/s1. The maximum Gasteiger partial charge on any atom is 0.325 e. The van der Waals surface area contributed by atoms with Crippen LogP contribution in [0.3, 0.4) is 0 Å². The molecule has 3 rings (SSSR count). The molecule has 0 bridgehead atoms. The molecule has 2 aliphatic rings. The van der Waals surface area contributed by atoms with Crippen LogP contribution in [0.2, 0.25) is 0 Å². The Hall–Kier alpha value is -1.99. The summed E-state index contributed by atoms with van der Waals surface area (Å²) in [5, 5.41) is 14.4. The maximum absolute atomic E-state index is 12.9. The lowest BCUT2D eigenvalue weighted by Crippen LogP contribution is -2.53. The molecule has 1 N–H and O–H groups in total. The van der Waals surface area contributed by atoms with Crippen molar-refractivity contribution in [3.05, 3.63) is 5.82 Å². The third kappa shape index (κ3) is 2.26. The van der Waals surface area contributed by atoms with Crippen LogP contribution in [0.5, 0.6) is 0 Å². The summed E-state index contributed by atoms with van der Waals surface area (Å²) in [7, 11) is 0. The minimum Gasteiger partial charge on any atom is -0.323 e. The summed E-state index contributed by atoms with van der Waals surface area (Å²) in [4.78, 5) is 26.4. The van der Waals surface area contributed by atoms with Gasteiger partial charge in [-0.05, 0) is 35.6 Å². The van der Waals surface area contributed by atoms with Gasteiger partial charge in [0.15, 0.2) is 5.82 Å². The van der Waals surface area contributed by atoms with E-state index >= 15 is 0 Å². The van der Waals surface area contributed by atoms with Crippen molar-refractivity contribution in [1.82, 2.24) is 30.4 Å². The van der Waals surface area contributed by atoms with Gasteiger partial charge in [0.05, 0.1) is 6.54 Å². The quantitative estimate of drug-likeness (QED) is 0.840. The lowest BCUT2D eigenvalue weighted by Gasteiger charge is -2.36. The van der Waals surface area contributed by atoms with Gasteiger partial charge < -0.3 is 5.32 Å². The summed E-state index contributed by atoms with van der Waals surface area (Å²) in [6.07, 6.45) is 4.65. The zero-order valence-electron chi connectivity index (χ0n) is 13.1. The van der Waals surface area contributed by atoms with Crippen LogP contribution in [0.4, 0.5) is 4.79 Å². The van der Waals surface area contributed by atoms with E-state index in [0.717, 1.165) is 32.1 Å². The molecule has 1 aliphatic heterocycles. The van der Waals surface area contributed by atoms with Crippen LogP contribution in [-0.4, -0.2) is 42.6 Å². The lowest BCUT2D eigenvalue weighted by molar-refractivity contribution is -0.134. The van der Waals surface area contributed by atoms with Gasteiger partial charge in [0.1, 0.15) is 5.54 Å². The van der Waals surface area contributed by atoms with Crippen LogP contribution in [0.15, 0.2) is 0 Å². The highest BCUT2D eigenvalue weighted by molar-refractivity contribution is 6.07. The van der Waals surface area contributed by atoms with E-state index in [2.05, 4.69) is 20.8 Å². The minimum atomic E-state index is -0.724. The molecule has 1 saturated carbocycles. The smallest absolute Gasteiger partial charge is 0.323 e. The van der Waals surface area contributed by atoms with E-state index in [4.69, 9.17) is 0 Å². The first-order valence-corrected chi connectivity index (χ1v) is 7.97. The van der Waals surface area contributed by atoms with Gasteiger partial charge in [0, 0.05) is 6.54 Å². The Morgan fingerprint density at radius 2 is 2.18 bits per heavy atom. The fourth-order valence-electron chi connectivity index (χ4n) is 3.50. The SMILES string of the molecule is CCCn1nnnc1CN1C(=O)N[C@@]2(CCCC[C@@H]2C)C1=O. The van der Waals surface area contributed by atoms with Crippen molar-refractivity contribution < 1.29 is 9.59 Å². The molecule has 0 aromatic carbocycles. The summed E-state index contributed by atoms with van der Waals surface area (Å²) >= 11 is 0. The lowest BCUT2D eigenvalue weighted by atomic mass is 9.73. The number of nitrogens with zero attached hydrogens (tertiary/aromatic N) is 5. The van der Waals surface area contributed by atoms with Gasteiger partial charge in [0.2, 0.25) is 0 Å². The van der Waals surface area contributed by atoms with E-state index in [1.807, 2.05) is 13.8 Å². The van der Waals surface area contributed by atoms with Gasteiger partial charge in [-0.3, -0.25) is 9.69 Å². The van der Waals surface area contributed by atoms with Crippen molar-refractivity contribution in [2.45, 2.75) is 64.6 Å². The third-order valence-corrected chi connectivity index (χ3v) is 4.84. The Morgan fingerprint density at radius 3 is 2.91 bits per heavy atom. The number of carbonyl (C=O) groups excluding carboxylic acids is 2. The van der Waals surface area contributed by atoms with Gasteiger partial charge in [-0.15, -0.1) is 5.10 Å². The molecule has 1 saturated heterocycles. The van der Waals surface area contributed by atoms with Gasteiger partial charge in [0.25, 0.3) is 5.91 Å². The average molecular weight is 306 g/mol. The molecule has 1 aliphatic carbocycles. The van der Waals surface area contributed by atoms with E-state index in [0.29, 0.717) is 12.4 Å². The number of aromatic nitrogens is 4. The van der Waals surface area contributed by atoms with Crippen LogP contribution < -0.4 is 5.32 Å². The van der Waals surface area contributed by atoms with Crippen LogP contribution in [0, 0.1) is 5.92 Å². The first-order chi connectivity index (χ1) is 10.6. The van der Waals surface area contributed by atoms with Gasteiger partial charge in [-0.25, -0.2) is 9.48 Å². The molecule has 8 nitrogen and oxygen atoms in total. The molecule has 0 radical (unpaired) electrons. The second-order valence-electron chi connectivity index (χ2n) is 6.26. The second-order valence-corrected chi connectivity index (χ2v) is 6.26. The average Bonchev–Trinajstić information content (AvgIpc) is 3.02. The number of hydrogen-bond acceptors (Lipinski definition) is 5. The Morgan fingerprint density at radius 1 is 1.36 bits per heavy atom. The highest BCUT2D eigenvalue weighted by Crippen LogP contribution is 2.38. The third-order valence-electron chi connectivity index (χ3n) is 4.84. The molecule has 2 fully saturated rings. The highest BCUT2D eigenvalue weighted by Gasteiger charge is 2.55. The number of rotatable bonds is 4. The van der Waals surface area contributed by atoms with Crippen molar-refractivity contribution in [3.8, 4) is 0 Å². The first kappa shape index (κ1) is 14.9. The zero-order chi connectivity index (χ0) is 15.7. The van der Waals surface area contributed by atoms with Gasteiger partial charge in [-0.2, -0.15) is 0 Å². The summed E-state index contributed by atoms with van der Waals surface area (Å²) in [6, 6.07) is -0.329. The predicted octanol–water partition coefficient (Wildman–Crippen LogP) is 1.08. The van der Waals surface area contributed by atoms with E-state index in [9.17, 15) is 9.59 Å². The Kier molecular flexibility index (Phi) is 3.84. The number of tetrazole rings is 1. The monoisotopic (exact) mass is 306 g/mol. The number of hydrogen-bond donors (Lipinski definition) is 1. The van der Waals surface area contributed by atoms with Crippen LogP contribution in [0.25, 0.3) is 0 Å². The fraction of sp³-hybridized carbons (Fsp3) is 0.786. The molecule has 1 aromatic rings. The summed E-state index contributed by atoms with van der Waals surface area (Å²) < 4.78 is 1.65. The molecule has 2 atom stereocenters. The van der Waals surface area contributed by atoms with Crippen molar-refractivity contribution >= 4 is 11.9 Å². The number of carbonyl (C=O) groups is 2. The van der Waals surface area contributed by atoms with E-state index in [-0.39, 0.29) is 24.4 Å². The van der Waals surface area contributed by atoms with E-state index in [1.165, 1.54) is 4.90 Å². The number of urea groups is 1. The summed E-state index contributed by atoms with van der Waals surface area (Å²) in [5.41, 5.74) is -0.724. The molecule has 2 heterocycles. The van der Waals surface area contributed by atoms with Crippen LogP contribution in [-0.2, 0) is 17.9 Å². The summed E-state index contributed by atoms with van der Waals surface area (Å²) in [5.74, 6) is 0.580. The minimum absolute atomic E-state index is 0.129. The topological polar surface area (TPSA) is 93.0 Å². The maximum atomic E-state index is 12.9. The molecule has 0 unspecified atom stereocenters. The number of imide groups is 1. The fourth-order valence-corrected chi connectivity index (χ4v) is 3.50. The van der Waals surface area contributed by atoms with E-state index in [1.54, 1.807) is 4.68 Å². The predicted molar refractivity (Wildman–Crippen MR) is 77.6 cm³/mol. The van der Waals surface area contributed by atoms with Crippen molar-refractivity contribution in [2.24, 2.45) is 5.92 Å². The van der Waals surface area contributed by atoms with Crippen LogP contribution in [0.1, 0.15) is 51.8 Å². The molecule has 1 aromatic heterocycles. The van der Waals surface area contributed by atoms with Crippen LogP contribution >= 0.6 is 0 Å². The molecular formula is C14H22N6O2. The second kappa shape index (κ2) is 5.66.